The van der Waals surface area contributed by atoms with E-state index in [0.29, 0.717) is 24.7 Å². The summed E-state index contributed by atoms with van der Waals surface area (Å²) in [6.07, 6.45) is 1.48. The number of hydrogen-bond donors (Lipinski definition) is 0. The molecule has 1 aliphatic heterocycles. The molecular formula is C16H15N5O2S2. The molecule has 0 bridgehead atoms. The fourth-order valence-electron chi connectivity index (χ4n) is 2.46. The van der Waals surface area contributed by atoms with Gasteiger partial charge in [0, 0.05) is 6.54 Å². The first kappa shape index (κ1) is 16.1. The second kappa shape index (κ2) is 6.85. The SMILES string of the molecule is C=CCn1c(Sc2nc(C)ns2)nnc1C1COc2ccccc2O1. The Bertz CT molecular complexity index is 908. The number of hydrogen-bond acceptors (Lipinski definition) is 8. The zero-order valence-corrected chi connectivity index (χ0v) is 15.1. The average Bonchev–Trinajstić information content (AvgIpc) is 3.22. The lowest BCUT2D eigenvalue weighted by molar-refractivity contribution is 0.0821. The first-order chi connectivity index (χ1) is 12.2. The monoisotopic (exact) mass is 373 g/mol. The van der Waals surface area contributed by atoms with Crippen LogP contribution >= 0.6 is 23.3 Å². The van der Waals surface area contributed by atoms with Gasteiger partial charge in [0.2, 0.25) is 0 Å². The Labute approximate surface area is 152 Å². The summed E-state index contributed by atoms with van der Waals surface area (Å²) < 4.78 is 18.8. The van der Waals surface area contributed by atoms with Crippen molar-refractivity contribution in [1.29, 1.82) is 0 Å². The minimum absolute atomic E-state index is 0.326. The minimum atomic E-state index is -0.326. The van der Waals surface area contributed by atoms with Gasteiger partial charge < -0.3 is 9.47 Å². The molecule has 0 fully saturated rings. The molecule has 0 saturated carbocycles. The van der Waals surface area contributed by atoms with Gasteiger partial charge in [0.25, 0.3) is 0 Å². The predicted octanol–water partition coefficient (Wildman–Crippen LogP) is 3.29. The largest absolute Gasteiger partial charge is 0.485 e. The number of benzene rings is 1. The number of ether oxygens (including phenoxy) is 2. The molecule has 1 aromatic carbocycles. The van der Waals surface area contributed by atoms with Gasteiger partial charge in [-0.2, -0.15) is 4.37 Å². The van der Waals surface area contributed by atoms with Gasteiger partial charge >= 0.3 is 0 Å². The molecule has 3 aromatic rings. The normalized spacial score (nSPS) is 16.0. The maximum atomic E-state index is 6.06. The highest BCUT2D eigenvalue weighted by atomic mass is 32.2. The van der Waals surface area contributed by atoms with Crippen LogP contribution in [0.1, 0.15) is 17.8 Å². The van der Waals surface area contributed by atoms with Crippen LogP contribution in [0.15, 0.2) is 46.4 Å². The van der Waals surface area contributed by atoms with Crippen molar-refractivity contribution in [2.45, 2.75) is 29.1 Å². The molecule has 9 heteroatoms. The van der Waals surface area contributed by atoms with Gasteiger partial charge in [-0.15, -0.1) is 16.8 Å². The standard InChI is InChI=1S/C16H15N5O2S2/c1-3-8-21-14(13-9-22-11-6-4-5-7-12(11)23-13)18-19-15(21)24-16-17-10(2)20-25-16/h3-7,13H,1,8-9H2,2H3. The average molecular weight is 373 g/mol. The van der Waals surface area contributed by atoms with Crippen molar-refractivity contribution in [2.24, 2.45) is 0 Å². The Balaban J connectivity index is 1.62. The maximum absolute atomic E-state index is 6.06. The van der Waals surface area contributed by atoms with Crippen LogP contribution in [0.25, 0.3) is 0 Å². The molecule has 2 aromatic heterocycles. The van der Waals surface area contributed by atoms with Crippen LogP contribution in [0.5, 0.6) is 11.5 Å². The summed E-state index contributed by atoms with van der Waals surface area (Å²) in [5, 5.41) is 9.36. The second-order valence-electron chi connectivity index (χ2n) is 5.31. The summed E-state index contributed by atoms with van der Waals surface area (Å²) in [4.78, 5) is 4.37. The highest BCUT2D eigenvalue weighted by molar-refractivity contribution is 8.00. The number of para-hydroxylation sites is 2. The van der Waals surface area contributed by atoms with E-state index in [9.17, 15) is 0 Å². The first-order valence-electron chi connectivity index (χ1n) is 7.65. The zero-order chi connectivity index (χ0) is 17.2. The van der Waals surface area contributed by atoms with Gasteiger partial charge in [-0.3, -0.25) is 4.57 Å². The quantitative estimate of drug-likeness (QED) is 0.635. The van der Waals surface area contributed by atoms with E-state index in [2.05, 4.69) is 26.1 Å². The summed E-state index contributed by atoms with van der Waals surface area (Å²) in [6.45, 7) is 6.65. The van der Waals surface area contributed by atoms with Gasteiger partial charge in [0.1, 0.15) is 12.4 Å². The lowest BCUT2D eigenvalue weighted by atomic mass is 10.2. The molecule has 3 heterocycles. The van der Waals surface area contributed by atoms with E-state index in [0.717, 1.165) is 21.1 Å². The highest BCUT2D eigenvalue weighted by Crippen LogP contribution is 2.36. The Hall–Kier alpha value is -2.39. The predicted molar refractivity (Wildman–Crippen MR) is 94.3 cm³/mol. The van der Waals surface area contributed by atoms with E-state index in [4.69, 9.17) is 9.47 Å². The third-order valence-corrected chi connectivity index (χ3v) is 5.37. The molecule has 0 N–H and O–H groups in total. The van der Waals surface area contributed by atoms with Crippen molar-refractivity contribution < 1.29 is 9.47 Å². The Kier molecular flexibility index (Phi) is 4.41. The molecule has 0 radical (unpaired) electrons. The molecule has 1 atom stereocenters. The van der Waals surface area contributed by atoms with Gasteiger partial charge in [-0.1, -0.05) is 18.2 Å². The van der Waals surface area contributed by atoms with E-state index in [1.807, 2.05) is 35.8 Å². The van der Waals surface area contributed by atoms with E-state index < -0.39 is 0 Å². The van der Waals surface area contributed by atoms with Crippen LogP contribution < -0.4 is 9.47 Å². The second-order valence-corrected chi connectivity index (χ2v) is 7.28. The van der Waals surface area contributed by atoms with Gasteiger partial charge in [0.05, 0.1) is 0 Å². The summed E-state index contributed by atoms with van der Waals surface area (Å²) in [5.41, 5.74) is 0. The number of fused-ring (bicyclic) bond motifs is 1. The van der Waals surface area contributed by atoms with Crippen LogP contribution in [0, 0.1) is 6.92 Å². The van der Waals surface area contributed by atoms with E-state index in [1.54, 1.807) is 6.08 Å². The third kappa shape index (κ3) is 3.24. The smallest absolute Gasteiger partial charge is 0.198 e. The molecule has 4 rings (SSSR count). The number of rotatable bonds is 5. The third-order valence-electron chi connectivity index (χ3n) is 3.54. The molecule has 0 amide bonds. The van der Waals surface area contributed by atoms with Crippen molar-refractivity contribution in [3.05, 3.63) is 48.6 Å². The Morgan fingerprint density at radius 3 is 2.96 bits per heavy atom. The Morgan fingerprint density at radius 2 is 2.20 bits per heavy atom. The summed E-state index contributed by atoms with van der Waals surface area (Å²) in [6, 6.07) is 7.61. The maximum Gasteiger partial charge on any atom is 0.198 e. The van der Waals surface area contributed by atoms with Crippen molar-refractivity contribution in [3.8, 4) is 11.5 Å². The van der Waals surface area contributed by atoms with Crippen molar-refractivity contribution in [3.63, 3.8) is 0 Å². The van der Waals surface area contributed by atoms with Crippen LogP contribution in [-0.4, -0.2) is 30.7 Å². The fraction of sp³-hybridized carbons (Fsp3) is 0.250. The van der Waals surface area contributed by atoms with Gasteiger partial charge in [-0.05, 0) is 42.4 Å². The fourth-order valence-corrected chi connectivity index (χ4v) is 4.06. The van der Waals surface area contributed by atoms with Crippen LogP contribution in [0.3, 0.4) is 0 Å². The molecule has 128 valence electrons. The zero-order valence-electron chi connectivity index (χ0n) is 13.5. The van der Waals surface area contributed by atoms with Crippen molar-refractivity contribution in [2.75, 3.05) is 6.61 Å². The number of aryl methyl sites for hydroxylation is 1. The topological polar surface area (TPSA) is 75.0 Å². The van der Waals surface area contributed by atoms with Crippen LogP contribution in [-0.2, 0) is 6.54 Å². The van der Waals surface area contributed by atoms with Crippen LogP contribution in [0.4, 0.5) is 0 Å². The molecule has 25 heavy (non-hydrogen) atoms. The number of nitrogens with zero attached hydrogens (tertiary/aromatic N) is 5. The Morgan fingerprint density at radius 1 is 1.36 bits per heavy atom. The highest BCUT2D eigenvalue weighted by Gasteiger charge is 2.28. The molecule has 1 unspecified atom stereocenters. The van der Waals surface area contributed by atoms with E-state index in [1.165, 1.54) is 23.3 Å². The van der Waals surface area contributed by atoms with Gasteiger partial charge in [0.15, 0.2) is 32.9 Å². The number of aromatic nitrogens is 5. The van der Waals surface area contributed by atoms with Crippen molar-refractivity contribution in [1.82, 2.24) is 24.1 Å². The molecular weight excluding hydrogens is 358 g/mol. The van der Waals surface area contributed by atoms with E-state index >= 15 is 0 Å². The molecule has 0 spiro atoms. The molecule has 7 nitrogen and oxygen atoms in total. The molecule has 1 aliphatic rings. The summed E-state index contributed by atoms with van der Waals surface area (Å²) in [7, 11) is 0. The van der Waals surface area contributed by atoms with Crippen LogP contribution in [0.2, 0.25) is 0 Å². The lowest BCUT2D eigenvalue weighted by Gasteiger charge is -2.26. The number of allylic oxidation sites excluding steroid dienone is 1. The van der Waals surface area contributed by atoms with Crippen molar-refractivity contribution >= 4 is 23.3 Å². The molecule has 0 saturated heterocycles. The summed E-state index contributed by atoms with van der Waals surface area (Å²) >= 11 is 2.78. The lowest BCUT2D eigenvalue weighted by Crippen LogP contribution is -2.25. The van der Waals surface area contributed by atoms with Gasteiger partial charge in [-0.25, -0.2) is 4.98 Å². The van der Waals surface area contributed by atoms with E-state index in [-0.39, 0.29) is 6.10 Å². The summed E-state index contributed by atoms with van der Waals surface area (Å²) in [5.74, 6) is 2.91. The molecule has 0 aliphatic carbocycles. The minimum Gasteiger partial charge on any atom is -0.485 e. The first-order valence-corrected chi connectivity index (χ1v) is 9.24.